The van der Waals surface area contributed by atoms with E-state index < -0.39 is 10.0 Å². The molecule has 2 fully saturated rings. The average Bonchev–Trinajstić information content (AvgIpc) is 3.23. The van der Waals surface area contributed by atoms with Gasteiger partial charge in [0.25, 0.3) is 0 Å². The molecule has 2 N–H and O–H groups in total. The Morgan fingerprint density at radius 1 is 0.969 bits per heavy atom. The summed E-state index contributed by atoms with van der Waals surface area (Å²) in [7, 11) is -3.38. The van der Waals surface area contributed by atoms with E-state index in [1.807, 2.05) is 6.07 Å². The van der Waals surface area contributed by atoms with Crippen molar-refractivity contribution in [3.63, 3.8) is 0 Å². The normalized spacial score (nSPS) is 17.7. The number of sulfonamides is 1. The van der Waals surface area contributed by atoms with E-state index in [4.69, 9.17) is 24.4 Å². The van der Waals surface area contributed by atoms with Crippen molar-refractivity contribution in [3.8, 4) is 11.4 Å². The highest BCUT2D eigenvalue weighted by atomic mass is 32.2. The third-order valence-electron chi connectivity index (χ3n) is 5.36. The van der Waals surface area contributed by atoms with E-state index in [2.05, 4.69) is 19.5 Å². The highest BCUT2D eigenvalue weighted by Gasteiger charge is 2.23. The molecule has 0 radical (unpaired) electrons. The molecule has 32 heavy (non-hydrogen) atoms. The molecule has 2 saturated heterocycles. The van der Waals surface area contributed by atoms with E-state index in [-0.39, 0.29) is 0 Å². The van der Waals surface area contributed by atoms with Gasteiger partial charge in [-0.05, 0) is 12.1 Å². The SMILES string of the molecule is CS(=O)(=O)Nc1cccc(-c2nc3c(N4CCOCC4)nc(N4CCOCC4)nc3[nH]2)c1. The number of ether oxygens (including phenoxy) is 2. The van der Waals surface area contributed by atoms with Gasteiger partial charge in [-0.3, -0.25) is 4.72 Å². The van der Waals surface area contributed by atoms with Crippen molar-refractivity contribution in [1.29, 1.82) is 0 Å². The van der Waals surface area contributed by atoms with Crippen LogP contribution in [0.2, 0.25) is 0 Å². The number of nitrogens with zero attached hydrogens (tertiary/aromatic N) is 5. The average molecular weight is 460 g/mol. The number of benzene rings is 1. The second-order valence-corrected chi connectivity index (χ2v) is 9.53. The standard InChI is InChI=1S/C20H25N7O4S/c1-32(28,29)25-15-4-2-3-14(13-15)17-21-16-18(22-17)23-20(27-7-11-31-12-8-27)24-19(16)26-5-9-30-10-6-26/h2-4,13,25H,5-12H2,1H3,(H,21,22,23,24). The van der Waals surface area contributed by atoms with Gasteiger partial charge in [0.05, 0.1) is 32.7 Å². The summed E-state index contributed by atoms with van der Waals surface area (Å²) in [5.74, 6) is 2.01. The van der Waals surface area contributed by atoms with Gasteiger partial charge >= 0.3 is 0 Å². The Bertz CT molecular complexity index is 1220. The minimum Gasteiger partial charge on any atom is -0.378 e. The molecule has 0 amide bonds. The number of aromatic nitrogens is 4. The number of fused-ring (bicyclic) bond motifs is 1. The molecule has 2 aliphatic heterocycles. The summed E-state index contributed by atoms with van der Waals surface area (Å²) in [5.41, 5.74) is 2.54. The van der Waals surface area contributed by atoms with E-state index in [1.54, 1.807) is 18.2 Å². The van der Waals surface area contributed by atoms with Crippen LogP contribution in [0.1, 0.15) is 0 Å². The van der Waals surface area contributed by atoms with E-state index in [9.17, 15) is 8.42 Å². The van der Waals surface area contributed by atoms with Crippen LogP contribution in [0.3, 0.4) is 0 Å². The lowest BCUT2D eigenvalue weighted by atomic mass is 10.2. The molecule has 2 aromatic heterocycles. The molecule has 12 heteroatoms. The molecular weight excluding hydrogens is 434 g/mol. The van der Waals surface area contributed by atoms with Crippen LogP contribution in [0.4, 0.5) is 17.5 Å². The van der Waals surface area contributed by atoms with E-state index in [0.717, 1.165) is 43.8 Å². The number of hydrogen-bond acceptors (Lipinski definition) is 9. The predicted octanol–water partition coefficient (Wildman–Crippen LogP) is 1.06. The second kappa shape index (κ2) is 8.52. The van der Waals surface area contributed by atoms with Crippen molar-refractivity contribution in [3.05, 3.63) is 24.3 Å². The molecule has 0 saturated carbocycles. The van der Waals surface area contributed by atoms with Crippen LogP contribution in [0.15, 0.2) is 24.3 Å². The summed E-state index contributed by atoms with van der Waals surface area (Å²) >= 11 is 0. The Labute approximate surface area is 185 Å². The predicted molar refractivity (Wildman–Crippen MR) is 122 cm³/mol. The smallest absolute Gasteiger partial charge is 0.229 e. The zero-order chi connectivity index (χ0) is 22.1. The summed E-state index contributed by atoms with van der Waals surface area (Å²) in [6.45, 7) is 5.47. The van der Waals surface area contributed by atoms with Crippen LogP contribution >= 0.6 is 0 Å². The van der Waals surface area contributed by atoms with Crippen molar-refractivity contribution >= 4 is 38.6 Å². The van der Waals surface area contributed by atoms with Crippen molar-refractivity contribution in [2.45, 2.75) is 0 Å². The Balaban J connectivity index is 1.58. The first kappa shape index (κ1) is 20.9. The van der Waals surface area contributed by atoms with E-state index in [0.29, 0.717) is 55.1 Å². The monoisotopic (exact) mass is 459 g/mol. The number of morpholine rings is 2. The largest absolute Gasteiger partial charge is 0.378 e. The number of imidazole rings is 1. The molecule has 170 valence electrons. The lowest BCUT2D eigenvalue weighted by Crippen LogP contribution is -2.39. The molecule has 4 heterocycles. The molecule has 0 aliphatic carbocycles. The van der Waals surface area contributed by atoms with Gasteiger partial charge in [-0.1, -0.05) is 12.1 Å². The highest BCUT2D eigenvalue weighted by molar-refractivity contribution is 7.92. The van der Waals surface area contributed by atoms with E-state index >= 15 is 0 Å². The van der Waals surface area contributed by atoms with Gasteiger partial charge in [-0.25, -0.2) is 13.4 Å². The fraction of sp³-hybridized carbons (Fsp3) is 0.450. The maximum Gasteiger partial charge on any atom is 0.229 e. The molecule has 0 spiro atoms. The summed E-state index contributed by atoms with van der Waals surface area (Å²) in [4.78, 5) is 22.0. The molecule has 11 nitrogen and oxygen atoms in total. The number of anilines is 3. The fourth-order valence-electron chi connectivity index (χ4n) is 3.85. The fourth-order valence-corrected chi connectivity index (χ4v) is 4.41. The van der Waals surface area contributed by atoms with Crippen molar-refractivity contribution in [2.75, 3.05) is 73.4 Å². The van der Waals surface area contributed by atoms with Gasteiger partial charge < -0.3 is 24.3 Å². The van der Waals surface area contributed by atoms with Gasteiger partial charge in [0.15, 0.2) is 17.0 Å². The minimum absolute atomic E-state index is 0.471. The van der Waals surface area contributed by atoms with Crippen LogP contribution < -0.4 is 14.5 Å². The van der Waals surface area contributed by atoms with Gasteiger partial charge in [0.1, 0.15) is 5.82 Å². The Kier molecular flexibility index (Phi) is 5.57. The van der Waals surface area contributed by atoms with Gasteiger partial charge in [0, 0.05) is 37.4 Å². The number of nitrogens with one attached hydrogen (secondary N) is 2. The molecule has 1 aromatic carbocycles. The lowest BCUT2D eigenvalue weighted by Gasteiger charge is -2.30. The first-order valence-corrected chi connectivity index (χ1v) is 12.4. The maximum atomic E-state index is 11.6. The molecule has 2 aliphatic rings. The van der Waals surface area contributed by atoms with Crippen molar-refractivity contribution in [2.24, 2.45) is 0 Å². The highest BCUT2D eigenvalue weighted by Crippen LogP contribution is 2.30. The molecule has 3 aromatic rings. The Hall–Kier alpha value is -2.96. The number of aromatic amines is 1. The molecular formula is C20H25N7O4S. The van der Waals surface area contributed by atoms with Gasteiger partial charge in [-0.15, -0.1) is 0 Å². The Morgan fingerprint density at radius 2 is 1.66 bits per heavy atom. The number of H-pyrrole nitrogens is 1. The second-order valence-electron chi connectivity index (χ2n) is 7.78. The van der Waals surface area contributed by atoms with Crippen LogP contribution in [-0.2, 0) is 19.5 Å². The zero-order valence-corrected chi connectivity index (χ0v) is 18.6. The first-order chi connectivity index (χ1) is 15.5. The minimum atomic E-state index is -3.38. The van der Waals surface area contributed by atoms with Crippen LogP contribution in [0.5, 0.6) is 0 Å². The van der Waals surface area contributed by atoms with Gasteiger partial charge in [-0.2, -0.15) is 9.97 Å². The number of hydrogen-bond donors (Lipinski definition) is 2. The van der Waals surface area contributed by atoms with Crippen LogP contribution in [0, 0.1) is 0 Å². The zero-order valence-electron chi connectivity index (χ0n) is 17.7. The molecule has 0 unspecified atom stereocenters. The summed E-state index contributed by atoms with van der Waals surface area (Å²) in [6, 6.07) is 7.09. The van der Waals surface area contributed by atoms with E-state index in [1.165, 1.54) is 0 Å². The molecule has 5 rings (SSSR count). The quantitative estimate of drug-likeness (QED) is 0.576. The van der Waals surface area contributed by atoms with Crippen molar-refractivity contribution < 1.29 is 17.9 Å². The van der Waals surface area contributed by atoms with Crippen molar-refractivity contribution in [1.82, 2.24) is 19.9 Å². The third kappa shape index (κ3) is 4.47. The van der Waals surface area contributed by atoms with Crippen LogP contribution in [0.25, 0.3) is 22.6 Å². The molecule has 0 bridgehead atoms. The molecule has 0 atom stereocenters. The topological polar surface area (TPSA) is 126 Å². The first-order valence-electron chi connectivity index (χ1n) is 10.5. The summed E-state index contributed by atoms with van der Waals surface area (Å²) in [5, 5.41) is 0. The lowest BCUT2D eigenvalue weighted by molar-refractivity contribution is 0.121. The van der Waals surface area contributed by atoms with Gasteiger partial charge in [0.2, 0.25) is 16.0 Å². The maximum absolute atomic E-state index is 11.6. The summed E-state index contributed by atoms with van der Waals surface area (Å²) < 4.78 is 36.7. The summed E-state index contributed by atoms with van der Waals surface area (Å²) in [6.07, 6.45) is 1.12. The Morgan fingerprint density at radius 3 is 2.34 bits per heavy atom. The van der Waals surface area contributed by atoms with Crippen LogP contribution in [-0.4, -0.2) is 87.2 Å². The number of rotatable bonds is 5. The third-order valence-corrected chi connectivity index (χ3v) is 5.96.